The summed E-state index contributed by atoms with van der Waals surface area (Å²) in [5.41, 5.74) is 14.1. The molecule has 4 heteroatoms. The molecule has 0 aliphatic rings. The van der Waals surface area contributed by atoms with E-state index in [0.29, 0.717) is 0 Å². The van der Waals surface area contributed by atoms with Crippen molar-refractivity contribution >= 4 is 102 Å². The molecule has 0 saturated carbocycles. The maximum absolute atomic E-state index is 2.52. The van der Waals surface area contributed by atoms with Crippen LogP contribution in [0.4, 0.5) is 17.1 Å². The Balaban J connectivity index is 1.11. The van der Waals surface area contributed by atoms with Crippen molar-refractivity contribution in [2.24, 2.45) is 0 Å². The molecule has 0 unspecified atom stereocenters. The largest absolute Gasteiger partial charge is 0.309 e. The molecule has 0 fully saturated rings. The monoisotopic (exact) mass is 850 g/mol. The summed E-state index contributed by atoms with van der Waals surface area (Å²) in [5.74, 6) is 0. The number of thiophene rings is 2. The second kappa shape index (κ2) is 15.0. The first-order valence-electron chi connectivity index (χ1n) is 21.8. The highest BCUT2D eigenvalue weighted by Gasteiger charge is 2.25. The summed E-state index contributed by atoms with van der Waals surface area (Å²) in [6, 6.07) is 84.6. The Hall–Kier alpha value is -7.76. The number of fused-ring (bicyclic) bond motifs is 9. The normalized spacial score (nSPS) is 11.8. The molecule has 0 aliphatic heterocycles. The SMILES string of the molecule is c1ccc(-c2ccccc2N(c2ccccc2)c2cccc3c2c2ccccc2n3-c2ccc(-c3cccc4c3sc3ccccc34)cc2-c2cccc3c2sc2ccccc23)cc1. The van der Waals surface area contributed by atoms with Gasteiger partial charge in [0.05, 0.1) is 28.1 Å². The first-order chi connectivity index (χ1) is 31.8. The summed E-state index contributed by atoms with van der Waals surface area (Å²) in [6.45, 7) is 0. The highest BCUT2D eigenvalue weighted by Crippen LogP contribution is 2.49. The van der Waals surface area contributed by atoms with E-state index in [1.165, 1.54) is 90.0 Å². The van der Waals surface area contributed by atoms with Crippen molar-refractivity contribution in [1.82, 2.24) is 4.57 Å². The van der Waals surface area contributed by atoms with E-state index in [0.717, 1.165) is 28.3 Å². The Morgan fingerprint density at radius 2 is 0.859 bits per heavy atom. The summed E-state index contributed by atoms with van der Waals surface area (Å²) in [4.78, 5) is 2.45. The summed E-state index contributed by atoms with van der Waals surface area (Å²) < 4.78 is 7.76. The van der Waals surface area contributed by atoms with Gasteiger partial charge in [-0.25, -0.2) is 0 Å². The lowest BCUT2D eigenvalue weighted by atomic mass is 9.95. The third-order valence-corrected chi connectivity index (χ3v) is 15.2. The van der Waals surface area contributed by atoms with Gasteiger partial charge in [-0.15, -0.1) is 22.7 Å². The van der Waals surface area contributed by atoms with E-state index >= 15 is 0 Å². The van der Waals surface area contributed by atoms with Crippen molar-refractivity contribution in [3.63, 3.8) is 0 Å². The van der Waals surface area contributed by atoms with Gasteiger partial charge in [-0.1, -0.05) is 170 Å². The molecule has 0 spiro atoms. The molecule has 0 N–H and O–H groups in total. The number of aromatic nitrogens is 1. The van der Waals surface area contributed by atoms with Gasteiger partial charge in [0.2, 0.25) is 0 Å². The Morgan fingerprint density at radius 3 is 1.61 bits per heavy atom. The second-order valence-corrected chi connectivity index (χ2v) is 18.5. The standard InChI is InChI=1S/C60H38N2S2/c1-3-18-39(19-4-1)42-22-7-11-30-51(42)61(41-20-5-2-6-21-41)54-32-17-33-55-58(54)49-25-8-12-31-52(49)62(55)53-37-36-40(43-26-15-27-46-44-23-9-13-34-56(44)63-59(43)46)38-50(53)48-29-16-28-47-45-24-10-14-35-57(45)64-60(47)48/h1-38H. The Morgan fingerprint density at radius 1 is 0.328 bits per heavy atom. The van der Waals surface area contributed by atoms with Crippen molar-refractivity contribution in [1.29, 1.82) is 0 Å². The van der Waals surface area contributed by atoms with E-state index in [1.807, 2.05) is 22.7 Å². The van der Waals surface area contributed by atoms with E-state index < -0.39 is 0 Å². The Labute approximate surface area is 378 Å². The van der Waals surface area contributed by atoms with Gasteiger partial charge in [-0.2, -0.15) is 0 Å². The minimum Gasteiger partial charge on any atom is -0.309 e. The van der Waals surface area contributed by atoms with Crippen LogP contribution in [-0.2, 0) is 0 Å². The molecule has 13 rings (SSSR count). The highest BCUT2D eigenvalue weighted by atomic mass is 32.1. The minimum absolute atomic E-state index is 1.10. The zero-order valence-electron chi connectivity index (χ0n) is 34.7. The predicted molar refractivity (Wildman–Crippen MR) is 278 cm³/mol. The van der Waals surface area contributed by atoms with E-state index in [-0.39, 0.29) is 0 Å². The van der Waals surface area contributed by atoms with Crippen LogP contribution in [0, 0.1) is 0 Å². The van der Waals surface area contributed by atoms with Crippen LogP contribution < -0.4 is 4.90 Å². The molecule has 300 valence electrons. The van der Waals surface area contributed by atoms with Crippen molar-refractivity contribution in [2.45, 2.75) is 0 Å². The molecule has 0 saturated heterocycles. The quantitative estimate of drug-likeness (QED) is 0.155. The average molecular weight is 851 g/mol. The van der Waals surface area contributed by atoms with E-state index in [1.54, 1.807) is 0 Å². The summed E-state index contributed by atoms with van der Waals surface area (Å²) in [5, 5.41) is 7.62. The molecule has 13 aromatic rings. The number of para-hydroxylation sites is 3. The fraction of sp³-hybridized carbons (Fsp3) is 0. The van der Waals surface area contributed by atoms with Gasteiger partial charge in [0.15, 0.2) is 0 Å². The van der Waals surface area contributed by atoms with Crippen LogP contribution in [0.3, 0.4) is 0 Å². The number of hydrogen-bond donors (Lipinski definition) is 0. The molecule has 10 aromatic carbocycles. The summed E-state index contributed by atoms with van der Waals surface area (Å²) in [7, 11) is 0. The number of hydrogen-bond acceptors (Lipinski definition) is 3. The van der Waals surface area contributed by atoms with Gasteiger partial charge < -0.3 is 9.47 Å². The van der Waals surface area contributed by atoms with Crippen molar-refractivity contribution in [3.8, 4) is 39.1 Å². The third-order valence-electron chi connectivity index (χ3n) is 12.8. The van der Waals surface area contributed by atoms with E-state index in [9.17, 15) is 0 Å². The molecule has 0 atom stereocenters. The molecule has 0 radical (unpaired) electrons. The second-order valence-electron chi connectivity index (χ2n) is 16.4. The van der Waals surface area contributed by atoms with Crippen LogP contribution in [-0.4, -0.2) is 4.57 Å². The van der Waals surface area contributed by atoms with Gasteiger partial charge in [0, 0.05) is 73.5 Å². The first kappa shape index (κ1) is 36.9. The molecule has 0 aliphatic carbocycles. The number of rotatable bonds is 7. The maximum atomic E-state index is 2.52. The molecule has 0 amide bonds. The first-order valence-corrected chi connectivity index (χ1v) is 23.4. The number of benzene rings is 10. The fourth-order valence-corrected chi connectivity index (χ4v) is 12.5. The number of nitrogens with zero attached hydrogens (tertiary/aromatic N) is 2. The Kier molecular flexibility index (Phi) is 8.61. The third kappa shape index (κ3) is 5.77. The van der Waals surface area contributed by atoms with E-state index in [2.05, 4.69) is 240 Å². The summed E-state index contributed by atoms with van der Waals surface area (Å²) in [6.07, 6.45) is 0. The van der Waals surface area contributed by atoms with Crippen LogP contribution >= 0.6 is 22.7 Å². The molecule has 64 heavy (non-hydrogen) atoms. The molecular formula is C60H38N2S2. The lowest BCUT2D eigenvalue weighted by Gasteiger charge is -2.28. The van der Waals surface area contributed by atoms with Crippen LogP contribution in [0.15, 0.2) is 231 Å². The van der Waals surface area contributed by atoms with Crippen LogP contribution in [0.25, 0.3) is 101 Å². The summed E-state index contributed by atoms with van der Waals surface area (Å²) >= 11 is 3.78. The zero-order valence-corrected chi connectivity index (χ0v) is 36.3. The van der Waals surface area contributed by atoms with Crippen LogP contribution in [0.2, 0.25) is 0 Å². The van der Waals surface area contributed by atoms with Crippen molar-refractivity contribution in [2.75, 3.05) is 4.90 Å². The smallest absolute Gasteiger partial charge is 0.0562 e. The minimum atomic E-state index is 1.10. The van der Waals surface area contributed by atoms with Crippen LogP contribution in [0.5, 0.6) is 0 Å². The number of anilines is 3. The predicted octanol–water partition coefficient (Wildman–Crippen LogP) is 18.0. The van der Waals surface area contributed by atoms with E-state index in [4.69, 9.17) is 0 Å². The lowest BCUT2D eigenvalue weighted by Crippen LogP contribution is -2.11. The van der Waals surface area contributed by atoms with Gasteiger partial charge >= 0.3 is 0 Å². The average Bonchev–Trinajstić information content (AvgIpc) is 4.05. The maximum Gasteiger partial charge on any atom is 0.0562 e. The topological polar surface area (TPSA) is 8.17 Å². The fourth-order valence-electron chi connectivity index (χ4n) is 10.0. The Bertz CT molecular complexity index is 3910. The lowest BCUT2D eigenvalue weighted by molar-refractivity contribution is 1.18. The van der Waals surface area contributed by atoms with Crippen molar-refractivity contribution < 1.29 is 0 Å². The van der Waals surface area contributed by atoms with Gasteiger partial charge in [0.25, 0.3) is 0 Å². The molecule has 2 nitrogen and oxygen atoms in total. The van der Waals surface area contributed by atoms with Gasteiger partial charge in [-0.05, 0) is 77.4 Å². The molecule has 3 heterocycles. The van der Waals surface area contributed by atoms with Gasteiger partial charge in [0.1, 0.15) is 0 Å². The molecule has 3 aromatic heterocycles. The molecule has 0 bridgehead atoms. The van der Waals surface area contributed by atoms with Gasteiger partial charge in [-0.3, -0.25) is 0 Å². The molecular weight excluding hydrogens is 813 g/mol. The highest BCUT2D eigenvalue weighted by molar-refractivity contribution is 7.26. The van der Waals surface area contributed by atoms with Crippen LogP contribution in [0.1, 0.15) is 0 Å². The zero-order chi connectivity index (χ0) is 42.1. The van der Waals surface area contributed by atoms with Crippen molar-refractivity contribution in [3.05, 3.63) is 231 Å².